The summed E-state index contributed by atoms with van der Waals surface area (Å²) >= 11 is 1.20. The van der Waals surface area contributed by atoms with Gasteiger partial charge in [-0.1, -0.05) is 17.4 Å². The van der Waals surface area contributed by atoms with Gasteiger partial charge in [-0.15, -0.1) is 0 Å². The Morgan fingerprint density at radius 2 is 2.04 bits per heavy atom. The summed E-state index contributed by atoms with van der Waals surface area (Å²) in [6, 6.07) is 5.75. The molecule has 1 amide bonds. The van der Waals surface area contributed by atoms with Gasteiger partial charge >= 0.3 is 6.18 Å². The zero-order valence-electron chi connectivity index (χ0n) is 11.8. The highest BCUT2D eigenvalue weighted by molar-refractivity contribution is 7.22. The summed E-state index contributed by atoms with van der Waals surface area (Å²) in [4.78, 5) is 19.1. The zero-order valence-corrected chi connectivity index (χ0v) is 12.6. The van der Waals surface area contributed by atoms with E-state index in [-0.39, 0.29) is 11.5 Å². The van der Waals surface area contributed by atoms with Crippen molar-refractivity contribution in [3.63, 3.8) is 0 Å². The van der Waals surface area contributed by atoms with E-state index < -0.39 is 11.7 Å². The molecule has 118 valence electrons. The van der Waals surface area contributed by atoms with Crippen molar-refractivity contribution in [1.82, 2.24) is 9.97 Å². The van der Waals surface area contributed by atoms with E-state index in [1.807, 2.05) is 0 Å². The molecule has 0 fully saturated rings. The van der Waals surface area contributed by atoms with E-state index in [9.17, 15) is 18.0 Å². The van der Waals surface area contributed by atoms with Crippen LogP contribution in [0.25, 0.3) is 21.3 Å². The molecule has 0 aliphatic rings. The number of alkyl halides is 3. The maximum atomic E-state index is 13.1. The van der Waals surface area contributed by atoms with Gasteiger partial charge in [0.1, 0.15) is 0 Å². The van der Waals surface area contributed by atoms with Gasteiger partial charge in [0.05, 0.1) is 15.8 Å². The first-order chi connectivity index (χ1) is 10.8. The zero-order chi connectivity index (χ0) is 16.6. The quantitative estimate of drug-likeness (QED) is 0.757. The number of carbonyl (C=O) groups is 1. The molecular formula is C15H10F3N3OS. The Morgan fingerprint density at radius 3 is 2.74 bits per heavy atom. The lowest BCUT2D eigenvalue weighted by atomic mass is 10.0. The van der Waals surface area contributed by atoms with Crippen LogP contribution in [-0.4, -0.2) is 15.9 Å². The second kappa shape index (κ2) is 5.62. The number of carbonyl (C=O) groups excluding carboxylic acids is 1. The summed E-state index contributed by atoms with van der Waals surface area (Å²) in [5.74, 6) is -0.254. The Bertz CT molecular complexity index is 889. The average molecular weight is 337 g/mol. The van der Waals surface area contributed by atoms with Crippen LogP contribution in [0.1, 0.15) is 12.5 Å². The van der Waals surface area contributed by atoms with Crippen molar-refractivity contribution in [3.05, 3.63) is 42.2 Å². The van der Waals surface area contributed by atoms with Gasteiger partial charge in [-0.25, -0.2) is 4.98 Å². The molecule has 0 bridgehead atoms. The normalized spacial score (nSPS) is 11.7. The summed E-state index contributed by atoms with van der Waals surface area (Å²) in [5, 5.41) is 2.97. The number of anilines is 1. The van der Waals surface area contributed by atoms with Crippen molar-refractivity contribution < 1.29 is 18.0 Å². The van der Waals surface area contributed by atoms with Gasteiger partial charge < -0.3 is 5.32 Å². The first-order valence-corrected chi connectivity index (χ1v) is 7.36. The maximum absolute atomic E-state index is 13.1. The van der Waals surface area contributed by atoms with Crippen molar-refractivity contribution >= 4 is 32.6 Å². The Balaban J connectivity index is 2.09. The number of nitrogens with zero attached hydrogens (tertiary/aromatic N) is 2. The first-order valence-electron chi connectivity index (χ1n) is 6.54. The van der Waals surface area contributed by atoms with Crippen molar-refractivity contribution in [2.24, 2.45) is 0 Å². The second-order valence-corrected chi connectivity index (χ2v) is 5.83. The van der Waals surface area contributed by atoms with Crippen LogP contribution in [-0.2, 0) is 11.0 Å². The number of aromatic nitrogens is 2. The number of benzene rings is 1. The molecule has 23 heavy (non-hydrogen) atoms. The number of rotatable bonds is 2. The van der Waals surface area contributed by atoms with Crippen LogP contribution < -0.4 is 5.32 Å². The standard InChI is InChI=1S/C15H10F3N3OS/c1-8(22)20-14-21-12-3-2-9(6-13(12)23-14)10-7-19-5-4-11(10)15(16,17)18/h2-7H,1H3,(H,20,21,22). The molecule has 4 nitrogen and oxygen atoms in total. The van der Waals surface area contributed by atoms with Gasteiger partial charge in [0.2, 0.25) is 5.91 Å². The van der Waals surface area contributed by atoms with E-state index in [1.165, 1.54) is 24.5 Å². The fourth-order valence-electron chi connectivity index (χ4n) is 2.17. The van der Waals surface area contributed by atoms with Gasteiger partial charge in [0.15, 0.2) is 5.13 Å². The third-order valence-electron chi connectivity index (χ3n) is 3.11. The van der Waals surface area contributed by atoms with Crippen LogP contribution in [0.15, 0.2) is 36.7 Å². The molecule has 3 rings (SSSR count). The van der Waals surface area contributed by atoms with E-state index in [0.29, 0.717) is 20.9 Å². The minimum Gasteiger partial charge on any atom is -0.302 e. The Labute approximate surface area is 133 Å². The van der Waals surface area contributed by atoms with E-state index in [4.69, 9.17) is 0 Å². The van der Waals surface area contributed by atoms with Crippen LogP contribution in [0, 0.1) is 0 Å². The third kappa shape index (κ3) is 3.16. The lowest BCUT2D eigenvalue weighted by molar-refractivity contribution is -0.137. The van der Waals surface area contributed by atoms with E-state index >= 15 is 0 Å². The SMILES string of the molecule is CC(=O)Nc1nc2ccc(-c3cnccc3C(F)(F)F)cc2s1. The molecule has 8 heteroatoms. The summed E-state index contributed by atoms with van der Waals surface area (Å²) in [6.45, 7) is 1.36. The molecular weight excluding hydrogens is 327 g/mol. The highest BCUT2D eigenvalue weighted by Crippen LogP contribution is 2.38. The van der Waals surface area contributed by atoms with E-state index in [2.05, 4.69) is 15.3 Å². The Hall–Kier alpha value is -2.48. The highest BCUT2D eigenvalue weighted by atomic mass is 32.1. The number of thiazole rings is 1. The Morgan fingerprint density at radius 1 is 1.26 bits per heavy atom. The summed E-state index contributed by atoms with van der Waals surface area (Å²) in [5.41, 5.74) is 0.283. The maximum Gasteiger partial charge on any atom is 0.417 e. The van der Waals surface area contributed by atoms with E-state index in [1.54, 1.807) is 18.2 Å². The first kappa shape index (κ1) is 15.4. The third-order valence-corrected chi connectivity index (χ3v) is 4.04. The molecule has 0 spiro atoms. The highest BCUT2D eigenvalue weighted by Gasteiger charge is 2.33. The smallest absolute Gasteiger partial charge is 0.302 e. The van der Waals surface area contributed by atoms with Crippen molar-refractivity contribution in [2.45, 2.75) is 13.1 Å². The van der Waals surface area contributed by atoms with Crippen LogP contribution in [0.5, 0.6) is 0 Å². The van der Waals surface area contributed by atoms with Crippen LogP contribution >= 0.6 is 11.3 Å². The molecule has 0 radical (unpaired) electrons. The molecule has 0 aliphatic heterocycles. The topological polar surface area (TPSA) is 54.9 Å². The van der Waals surface area contributed by atoms with Crippen molar-refractivity contribution in [3.8, 4) is 11.1 Å². The van der Waals surface area contributed by atoms with Gasteiger partial charge in [-0.3, -0.25) is 9.78 Å². The Kier molecular flexibility index (Phi) is 3.77. The number of amides is 1. The average Bonchev–Trinajstić information content (AvgIpc) is 2.86. The van der Waals surface area contributed by atoms with E-state index in [0.717, 1.165) is 12.3 Å². The number of hydrogen-bond acceptors (Lipinski definition) is 4. The molecule has 0 saturated heterocycles. The fourth-order valence-corrected chi connectivity index (χ4v) is 3.12. The second-order valence-electron chi connectivity index (χ2n) is 4.80. The van der Waals surface area contributed by atoms with Gasteiger partial charge in [0, 0.05) is 24.9 Å². The number of halogens is 3. The molecule has 3 aromatic rings. The molecule has 0 aliphatic carbocycles. The van der Waals surface area contributed by atoms with Gasteiger partial charge in [0.25, 0.3) is 0 Å². The number of pyridine rings is 1. The molecule has 1 aromatic carbocycles. The summed E-state index contributed by atoms with van der Waals surface area (Å²) in [6.07, 6.45) is -2.14. The van der Waals surface area contributed by atoms with Crippen LogP contribution in [0.3, 0.4) is 0 Å². The molecule has 2 aromatic heterocycles. The molecule has 2 heterocycles. The lowest BCUT2D eigenvalue weighted by Crippen LogP contribution is -2.07. The molecule has 1 N–H and O–H groups in total. The number of nitrogens with one attached hydrogen (secondary N) is 1. The van der Waals surface area contributed by atoms with Gasteiger partial charge in [-0.2, -0.15) is 13.2 Å². The predicted molar refractivity (Wildman–Crippen MR) is 82.2 cm³/mol. The van der Waals surface area contributed by atoms with Crippen LogP contribution in [0.4, 0.5) is 18.3 Å². The summed E-state index contributed by atoms with van der Waals surface area (Å²) in [7, 11) is 0. The number of fused-ring (bicyclic) bond motifs is 1. The van der Waals surface area contributed by atoms with Crippen molar-refractivity contribution in [2.75, 3.05) is 5.32 Å². The molecule has 0 atom stereocenters. The van der Waals surface area contributed by atoms with Gasteiger partial charge in [-0.05, 0) is 23.8 Å². The van der Waals surface area contributed by atoms with Crippen LogP contribution in [0.2, 0.25) is 0 Å². The fraction of sp³-hybridized carbons (Fsp3) is 0.133. The minimum atomic E-state index is -4.46. The lowest BCUT2D eigenvalue weighted by Gasteiger charge is -2.12. The number of hydrogen-bond donors (Lipinski definition) is 1. The predicted octanol–water partition coefficient (Wildman–Crippen LogP) is 4.34. The monoisotopic (exact) mass is 337 g/mol. The minimum absolute atomic E-state index is 0.0105. The van der Waals surface area contributed by atoms with Crippen molar-refractivity contribution in [1.29, 1.82) is 0 Å². The molecule has 0 saturated carbocycles. The summed E-state index contributed by atoms with van der Waals surface area (Å²) < 4.78 is 40.0. The largest absolute Gasteiger partial charge is 0.417 e. The molecule has 0 unspecified atom stereocenters.